The van der Waals surface area contributed by atoms with E-state index in [1.54, 1.807) is 0 Å². The first-order chi connectivity index (χ1) is 6.36. The molecule has 1 aromatic carbocycles. The Morgan fingerprint density at radius 2 is 2.23 bits per heavy atom. The van der Waals surface area contributed by atoms with E-state index >= 15 is 0 Å². The second kappa shape index (κ2) is 4.25. The van der Waals surface area contributed by atoms with Crippen LogP contribution in [0.1, 0.15) is 30.9 Å². The van der Waals surface area contributed by atoms with Crippen molar-refractivity contribution in [1.82, 2.24) is 0 Å². The number of hydrogen-bond donors (Lipinski definition) is 0. The van der Waals surface area contributed by atoms with E-state index in [4.69, 9.17) is 4.74 Å². The van der Waals surface area contributed by atoms with Gasteiger partial charge in [0.2, 0.25) is 0 Å². The van der Waals surface area contributed by atoms with Crippen molar-refractivity contribution < 1.29 is 4.74 Å². The van der Waals surface area contributed by atoms with E-state index in [1.165, 1.54) is 18.4 Å². The normalized spacial score (nSPS) is 23.0. The Bertz CT molecular complexity index is 279. The summed E-state index contributed by atoms with van der Waals surface area (Å²) in [6.45, 7) is 0.914. The highest BCUT2D eigenvalue weighted by atomic mass is 79.9. The van der Waals surface area contributed by atoms with E-state index in [1.807, 2.05) is 6.07 Å². The highest BCUT2D eigenvalue weighted by Crippen LogP contribution is 2.28. The minimum Gasteiger partial charge on any atom is -0.374 e. The lowest BCUT2D eigenvalue weighted by Gasteiger charge is -2.22. The van der Waals surface area contributed by atoms with Gasteiger partial charge in [-0.05, 0) is 37.0 Å². The van der Waals surface area contributed by atoms with E-state index in [9.17, 15) is 0 Å². The van der Waals surface area contributed by atoms with E-state index in [2.05, 4.69) is 34.1 Å². The molecule has 1 aromatic rings. The van der Waals surface area contributed by atoms with Crippen LogP contribution in [0, 0.1) is 0 Å². The first-order valence-corrected chi connectivity index (χ1v) is 5.52. The molecule has 0 aliphatic carbocycles. The molecule has 1 fully saturated rings. The topological polar surface area (TPSA) is 9.23 Å². The minimum atomic E-state index is 0.325. The number of halogens is 1. The van der Waals surface area contributed by atoms with Gasteiger partial charge in [0.15, 0.2) is 0 Å². The van der Waals surface area contributed by atoms with Crippen molar-refractivity contribution in [3.8, 4) is 0 Å². The van der Waals surface area contributed by atoms with Gasteiger partial charge in [-0.1, -0.05) is 28.1 Å². The van der Waals surface area contributed by atoms with Crippen molar-refractivity contribution in [3.05, 3.63) is 34.3 Å². The molecule has 1 saturated heterocycles. The lowest BCUT2D eigenvalue weighted by molar-refractivity contribution is 0.0149. The maximum atomic E-state index is 5.70. The van der Waals surface area contributed by atoms with Crippen LogP contribution in [0.4, 0.5) is 0 Å². The Labute approximate surface area is 87.2 Å². The van der Waals surface area contributed by atoms with Gasteiger partial charge in [0.25, 0.3) is 0 Å². The molecule has 0 bridgehead atoms. The monoisotopic (exact) mass is 240 g/mol. The molecule has 0 radical (unpaired) electrons. The second-order valence-corrected chi connectivity index (χ2v) is 4.33. The Balaban J connectivity index is 2.14. The number of benzene rings is 1. The summed E-state index contributed by atoms with van der Waals surface area (Å²) >= 11 is 3.47. The molecule has 1 aliphatic heterocycles. The summed E-state index contributed by atoms with van der Waals surface area (Å²) in [6.07, 6.45) is 3.99. The van der Waals surface area contributed by atoms with E-state index in [-0.39, 0.29) is 0 Å². The minimum absolute atomic E-state index is 0.325. The molecule has 0 saturated carbocycles. The third-order valence-corrected chi connectivity index (χ3v) is 2.89. The van der Waals surface area contributed by atoms with Gasteiger partial charge < -0.3 is 4.74 Å². The molecule has 1 unspecified atom stereocenters. The molecule has 0 N–H and O–H groups in total. The van der Waals surface area contributed by atoms with Crippen LogP contribution in [0.25, 0.3) is 0 Å². The van der Waals surface area contributed by atoms with Gasteiger partial charge in [-0.3, -0.25) is 0 Å². The molecule has 1 atom stereocenters. The predicted molar refractivity (Wildman–Crippen MR) is 56.7 cm³/mol. The molecule has 0 amide bonds. The Hall–Kier alpha value is -0.340. The molecule has 70 valence electrons. The second-order valence-electron chi connectivity index (χ2n) is 3.41. The van der Waals surface area contributed by atoms with Crippen molar-refractivity contribution in [3.63, 3.8) is 0 Å². The average molecular weight is 241 g/mol. The van der Waals surface area contributed by atoms with Gasteiger partial charge >= 0.3 is 0 Å². The summed E-state index contributed by atoms with van der Waals surface area (Å²) in [4.78, 5) is 0. The maximum Gasteiger partial charge on any atom is 0.0825 e. The van der Waals surface area contributed by atoms with Crippen LogP contribution in [-0.4, -0.2) is 6.61 Å². The van der Waals surface area contributed by atoms with Crippen LogP contribution in [0.3, 0.4) is 0 Å². The third-order valence-electron chi connectivity index (χ3n) is 2.40. The fourth-order valence-corrected chi connectivity index (χ4v) is 2.13. The lowest BCUT2D eigenvalue weighted by atomic mass is 10.0. The number of hydrogen-bond acceptors (Lipinski definition) is 1. The molecule has 1 heterocycles. The summed E-state index contributed by atoms with van der Waals surface area (Å²) in [5.74, 6) is 0. The zero-order valence-electron chi connectivity index (χ0n) is 7.50. The number of ether oxygens (including phenoxy) is 1. The van der Waals surface area contributed by atoms with Crippen LogP contribution in [0.15, 0.2) is 28.7 Å². The molecule has 1 nitrogen and oxygen atoms in total. The fourth-order valence-electron chi connectivity index (χ4n) is 1.71. The molecule has 0 aromatic heterocycles. The summed E-state index contributed by atoms with van der Waals surface area (Å²) < 4.78 is 6.84. The average Bonchev–Trinajstić information content (AvgIpc) is 2.19. The summed E-state index contributed by atoms with van der Waals surface area (Å²) in [6, 6.07) is 8.40. The smallest absolute Gasteiger partial charge is 0.0825 e. The first kappa shape index (κ1) is 9.22. The zero-order chi connectivity index (χ0) is 9.10. The SMILES string of the molecule is Brc1cccc(C2CCCCO2)c1. The van der Waals surface area contributed by atoms with Crippen molar-refractivity contribution in [2.45, 2.75) is 25.4 Å². The van der Waals surface area contributed by atoms with Crippen LogP contribution in [-0.2, 0) is 4.74 Å². The van der Waals surface area contributed by atoms with E-state index in [0.717, 1.165) is 17.5 Å². The van der Waals surface area contributed by atoms with E-state index in [0.29, 0.717) is 6.10 Å². The number of rotatable bonds is 1. The molecule has 0 spiro atoms. The quantitative estimate of drug-likeness (QED) is 0.728. The zero-order valence-corrected chi connectivity index (χ0v) is 9.09. The van der Waals surface area contributed by atoms with Crippen LogP contribution >= 0.6 is 15.9 Å². The summed E-state index contributed by atoms with van der Waals surface area (Å²) in [5.41, 5.74) is 1.30. The first-order valence-electron chi connectivity index (χ1n) is 4.73. The van der Waals surface area contributed by atoms with Gasteiger partial charge in [-0.25, -0.2) is 0 Å². The van der Waals surface area contributed by atoms with Crippen molar-refractivity contribution >= 4 is 15.9 Å². The highest BCUT2D eigenvalue weighted by molar-refractivity contribution is 9.10. The van der Waals surface area contributed by atoms with Gasteiger partial charge in [0.05, 0.1) is 6.10 Å². The van der Waals surface area contributed by atoms with Crippen molar-refractivity contribution in [2.75, 3.05) is 6.61 Å². The summed E-state index contributed by atoms with van der Waals surface area (Å²) in [7, 11) is 0. The third kappa shape index (κ3) is 2.32. The largest absolute Gasteiger partial charge is 0.374 e. The molecule has 13 heavy (non-hydrogen) atoms. The van der Waals surface area contributed by atoms with E-state index < -0.39 is 0 Å². The molecular formula is C11H13BrO. The van der Waals surface area contributed by atoms with Crippen molar-refractivity contribution in [1.29, 1.82) is 0 Å². The predicted octanol–water partition coefficient (Wildman–Crippen LogP) is 3.69. The molecule has 2 rings (SSSR count). The lowest BCUT2D eigenvalue weighted by Crippen LogP contribution is -2.11. The standard InChI is InChI=1S/C11H13BrO/c12-10-5-3-4-9(8-10)11-6-1-2-7-13-11/h3-5,8,11H,1-2,6-7H2. The molecular weight excluding hydrogens is 228 g/mol. The molecule has 1 aliphatic rings. The Morgan fingerprint density at radius 1 is 1.31 bits per heavy atom. The Morgan fingerprint density at radius 3 is 2.92 bits per heavy atom. The van der Waals surface area contributed by atoms with Crippen molar-refractivity contribution in [2.24, 2.45) is 0 Å². The van der Waals surface area contributed by atoms with Crippen LogP contribution < -0.4 is 0 Å². The van der Waals surface area contributed by atoms with Gasteiger partial charge in [0, 0.05) is 11.1 Å². The fraction of sp³-hybridized carbons (Fsp3) is 0.455. The van der Waals surface area contributed by atoms with Gasteiger partial charge in [-0.15, -0.1) is 0 Å². The van der Waals surface area contributed by atoms with Gasteiger partial charge in [0.1, 0.15) is 0 Å². The molecule has 2 heteroatoms. The van der Waals surface area contributed by atoms with Crippen LogP contribution in [0.2, 0.25) is 0 Å². The van der Waals surface area contributed by atoms with Gasteiger partial charge in [-0.2, -0.15) is 0 Å². The Kier molecular flexibility index (Phi) is 3.01. The summed E-state index contributed by atoms with van der Waals surface area (Å²) in [5, 5.41) is 0. The maximum absolute atomic E-state index is 5.70. The van der Waals surface area contributed by atoms with Crippen LogP contribution in [0.5, 0.6) is 0 Å². The highest BCUT2D eigenvalue weighted by Gasteiger charge is 2.15.